The molecule has 0 fully saturated rings. The summed E-state index contributed by atoms with van der Waals surface area (Å²) >= 11 is 0. The van der Waals surface area contributed by atoms with Gasteiger partial charge in [0, 0.05) is 24.8 Å². The minimum absolute atomic E-state index is 0.806. The van der Waals surface area contributed by atoms with Crippen LogP contribution in [0.3, 0.4) is 0 Å². The molecule has 0 N–H and O–H groups in total. The van der Waals surface area contributed by atoms with Gasteiger partial charge in [0.2, 0.25) is 0 Å². The van der Waals surface area contributed by atoms with Gasteiger partial charge in [0.1, 0.15) is 11.4 Å². The van der Waals surface area contributed by atoms with E-state index in [4.69, 9.17) is 9.72 Å². The fourth-order valence-corrected chi connectivity index (χ4v) is 3.54. The summed E-state index contributed by atoms with van der Waals surface area (Å²) in [7, 11) is 3.84. The van der Waals surface area contributed by atoms with Crippen LogP contribution in [0.15, 0.2) is 72.9 Å². The Morgan fingerprint density at radius 2 is 1.68 bits per heavy atom. The third kappa shape index (κ3) is 3.78. The normalized spacial score (nSPS) is 11.3. The van der Waals surface area contributed by atoms with Crippen LogP contribution in [0.4, 0.5) is 0 Å². The van der Waals surface area contributed by atoms with Crippen molar-refractivity contribution < 1.29 is 4.74 Å². The second kappa shape index (κ2) is 7.87. The average molecular weight is 371 g/mol. The van der Waals surface area contributed by atoms with E-state index in [9.17, 15) is 0 Å². The summed E-state index contributed by atoms with van der Waals surface area (Å²) < 4.78 is 7.53. The van der Waals surface area contributed by atoms with Gasteiger partial charge in [-0.3, -0.25) is 4.90 Å². The molecular weight excluding hydrogens is 346 g/mol. The molecule has 0 amide bonds. The van der Waals surface area contributed by atoms with Crippen LogP contribution in [0.5, 0.6) is 5.75 Å². The molecule has 0 spiro atoms. The van der Waals surface area contributed by atoms with Crippen LogP contribution in [0.25, 0.3) is 16.9 Å². The summed E-state index contributed by atoms with van der Waals surface area (Å²) in [6.07, 6.45) is 2.17. The van der Waals surface area contributed by atoms with Crippen molar-refractivity contribution in [1.29, 1.82) is 0 Å². The van der Waals surface area contributed by atoms with Crippen LogP contribution in [0.2, 0.25) is 0 Å². The first kappa shape index (κ1) is 18.3. The highest BCUT2D eigenvalue weighted by molar-refractivity contribution is 5.67. The smallest absolute Gasteiger partial charge is 0.137 e. The molecule has 0 aliphatic rings. The molecule has 0 aliphatic heterocycles. The lowest BCUT2D eigenvalue weighted by Gasteiger charge is -2.18. The standard InChI is InChI=1S/C24H25N3O/c1-18-9-14-23-25-24(20-10-12-21(28-3)13-11-20)22(27(23)15-18)17-26(2)16-19-7-5-4-6-8-19/h4-15H,16-17H2,1-3H3. The van der Waals surface area contributed by atoms with Crippen molar-refractivity contribution in [3.05, 3.63) is 89.7 Å². The van der Waals surface area contributed by atoms with Crippen molar-refractivity contribution in [3.63, 3.8) is 0 Å². The number of imidazole rings is 1. The highest BCUT2D eigenvalue weighted by atomic mass is 16.5. The predicted octanol–water partition coefficient (Wildman–Crippen LogP) is 4.95. The van der Waals surface area contributed by atoms with Crippen LogP contribution in [0, 0.1) is 6.92 Å². The zero-order valence-corrected chi connectivity index (χ0v) is 16.6. The van der Waals surface area contributed by atoms with E-state index in [0.717, 1.165) is 35.7 Å². The first-order valence-electron chi connectivity index (χ1n) is 9.48. The number of pyridine rings is 1. The molecule has 4 heteroatoms. The van der Waals surface area contributed by atoms with Crippen molar-refractivity contribution in [1.82, 2.24) is 14.3 Å². The molecule has 0 radical (unpaired) electrons. The summed E-state index contributed by atoms with van der Waals surface area (Å²) in [6.45, 7) is 3.81. The van der Waals surface area contributed by atoms with Gasteiger partial charge in [-0.15, -0.1) is 0 Å². The molecule has 0 aliphatic carbocycles. The van der Waals surface area contributed by atoms with Crippen LogP contribution in [-0.2, 0) is 13.1 Å². The maximum atomic E-state index is 5.31. The van der Waals surface area contributed by atoms with Crippen LogP contribution < -0.4 is 4.74 Å². The molecular formula is C24H25N3O. The van der Waals surface area contributed by atoms with E-state index in [2.05, 4.69) is 84.1 Å². The van der Waals surface area contributed by atoms with Gasteiger partial charge in [0.05, 0.1) is 18.5 Å². The summed E-state index contributed by atoms with van der Waals surface area (Å²) in [5, 5.41) is 0. The molecule has 0 saturated carbocycles. The molecule has 0 unspecified atom stereocenters. The molecule has 4 rings (SSSR count). The van der Waals surface area contributed by atoms with E-state index in [-0.39, 0.29) is 0 Å². The Morgan fingerprint density at radius 1 is 0.929 bits per heavy atom. The van der Waals surface area contributed by atoms with Crippen LogP contribution in [0.1, 0.15) is 16.8 Å². The molecule has 142 valence electrons. The molecule has 2 heterocycles. The Morgan fingerprint density at radius 3 is 2.39 bits per heavy atom. The van der Waals surface area contributed by atoms with E-state index >= 15 is 0 Å². The lowest BCUT2D eigenvalue weighted by Crippen LogP contribution is -2.18. The SMILES string of the molecule is COc1ccc(-c2nc3ccc(C)cn3c2CN(C)Cc2ccccc2)cc1. The van der Waals surface area contributed by atoms with Crippen molar-refractivity contribution >= 4 is 5.65 Å². The minimum Gasteiger partial charge on any atom is -0.497 e. The zero-order chi connectivity index (χ0) is 19.5. The van der Waals surface area contributed by atoms with E-state index in [0.29, 0.717) is 0 Å². The predicted molar refractivity (Wildman–Crippen MR) is 114 cm³/mol. The molecule has 0 saturated heterocycles. The van der Waals surface area contributed by atoms with Crippen molar-refractivity contribution in [3.8, 4) is 17.0 Å². The Labute approximate surface area is 166 Å². The second-order valence-electron chi connectivity index (χ2n) is 7.23. The van der Waals surface area contributed by atoms with Gasteiger partial charge >= 0.3 is 0 Å². The lowest BCUT2D eigenvalue weighted by molar-refractivity contribution is 0.314. The quantitative estimate of drug-likeness (QED) is 0.480. The summed E-state index contributed by atoms with van der Waals surface area (Å²) in [5.74, 6) is 0.853. The molecule has 2 aromatic heterocycles. The van der Waals surface area contributed by atoms with Gasteiger partial charge < -0.3 is 9.14 Å². The van der Waals surface area contributed by atoms with Crippen LogP contribution in [-0.4, -0.2) is 28.4 Å². The average Bonchev–Trinajstić information content (AvgIpc) is 3.06. The van der Waals surface area contributed by atoms with E-state index < -0.39 is 0 Å². The molecule has 4 nitrogen and oxygen atoms in total. The first-order chi connectivity index (χ1) is 13.6. The number of nitrogens with zero attached hydrogens (tertiary/aromatic N) is 3. The Hall–Kier alpha value is -3.11. The van der Waals surface area contributed by atoms with E-state index in [1.807, 2.05) is 12.1 Å². The molecule has 0 atom stereocenters. The fourth-order valence-electron chi connectivity index (χ4n) is 3.54. The molecule has 4 aromatic rings. The first-order valence-corrected chi connectivity index (χ1v) is 9.48. The molecule has 28 heavy (non-hydrogen) atoms. The summed E-state index contributed by atoms with van der Waals surface area (Å²) in [4.78, 5) is 7.26. The van der Waals surface area contributed by atoms with Gasteiger partial charge in [0.25, 0.3) is 0 Å². The number of methoxy groups -OCH3 is 1. The number of hydrogen-bond donors (Lipinski definition) is 0. The monoisotopic (exact) mass is 371 g/mol. The summed E-state index contributed by atoms with van der Waals surface area (Å²) in [5.41, 5.74) is 6.82. The Kier molecular flexibility index (Phi) is 5.13. The number of aryl methyl sites for hydroxylation is 1. The maximum Gasteiger partial charge on any atom is 0.137 e. The van der Waals surface area contributed by atoms with Gasteiger partial charge in [-0.05, 0) is 55.4 Å². The topological polar surface area (TPSA) is 29.8 Å². The number of fused-ring (bicyclic) bond motifs is 1. The Balaban J connectivity index is 1.72. The van der Waals surface area contributed by atoms with Crippen LogP contribution >= 0.6 is 0 Å². The number of benzene rings is 2. The number of hydrogen-bond acceptors (Lipinski definition) is 3. The van der Waals surface area contributed by atoms with Gasteiger partial charge in [-0.25, -0.2) is 4.98 Å². The Bertz CT molecular complexity index is 1070. The number of rotatable bonds is 6. The zero-order valence-electron chi connectivity index (χ0n) is 16.6. The van der Waals surface area contributed by atoms with Crippen molar-refractivity contribution in [2.75, 3.05) is 14.2 Å². The van der Waals surface area contributed by atoms with Gasteiger partial charge in [-0.2, -0.15) is 0 Å². The van der Waals surface area contributed by atoms with Gasteiger partial charge in [-0.1, -0.05) is 36.4 Å². The van der Waals surface area contributed by atoms with E-state index in [1.54, 1.807) is 7.11 Å². The maximum absolute atomic E-state index is 5.31. The highest BCUT2D eigenvalue weighted by Crippen LogP contribution is 2.28. The minimum atomic E-state index is 0.806. The third-order valence-electron chi connectivity index (χ3n) is 4.94. The molecule has 2 aromatic carbocycles. The summed E-state index contributed by atoms with van der Waals surface area (Å²) in [6, 6.07) is 22.9. The highest BCUT2D eigenvalue weighted by Gasteiger charge is 2.16. The van der Waals surface area contributed by atoms with Crippen molar-refractivity contribution in [2.45, 2.75) is 20.0 Å². The molecule has 0 bridgehead atoms. The van der Waals surface area contributed by atoms with Gasteiger partial charge in [0.15, 0.2) is 0 Å². The fraction of sp³-hybridized carbons (Fsp3) is 0.208. The number of aromatic nitrogens is 2. The van der Waals surface area contributed by atoms with Crippen molar-refractivity contribution in [2.24, 2.45) is 0 Å². The third-order valence-corrected chi connectivity index (χ3v) is 4.94. The lowest BCUT2D eigenvalue weighted by atomic mass is 10.1. The largest absolute Gasteiger partial charge is 0.497 e. The van der Waals surface area contributed by atoms with E-state index in [1.165, 1.54) is 16.8 Å². The number of ether oxygens (including phenoxy) is 1. The second-order valence-corrected chi connectivity index (χ2v) is 7.23.